The number of benzene rings is 1. The Balaban J connectivity index is 1.64. The molecule has 0 saturated heterocycles. The van der Waals surface area contributed by atoms with Crippen molar-refractivity contribution in [2.75, 3.05) is 6.54 Å². The highest BCUT2D eigenvalue weighted by Crippen LogP contribution is 2.60. The van der Waals surface area contributed by atoms with Crippen molar-refractivity contribution in [2.45, 2.75) is 39.2 Å². The monoisotopic (exact) mass is 328 g/mol. The zero-order chi connectivity index (χ0) is 17.2. The van der Waals surface area contributed by atoms with Crippen LogP contribution < -0.4 is 5.32 Å². The van der Waals surface area contributed by atoms with Gasteiger partial charge in [-0.05, 0) is 36.7 Å². The second-order valence-electron chi connectivity index (χ2n) is 7.16. The van der Waals surface area contributed by atoms with Crippen LogP contribution in [0.2, 0.25) is 0 Å². The van der Waals surface area contributed by atoms with Crippen molar-refractivity contribution >= 4 is 5.91 Å². The summed E-state index contributed by atoms with van der Waals surface area (Å²) in [7, 11) is 0. The third-order valence-electron chi connectivity index (χ3n) is 5.57. The molecule has 24 heavy (non-hydrogen) atoms. The van der Waals surface area contributed by atoms with Crippen molar-refractivity contribution in [1.29, 1.82) is 0 Å². The van der Waals surface area contributed by atoms with Gasteiger partial charge < -0.3 is 5.32 Å². The van der Waals surface area contributed by atoms with Crippen LogP contribution in [0.3, 0.4) is 0 Å². The maximum absolute atomic E-state index is 12.4. The Morgan fingerprint density at radius 2 is 2.12 bits per heavy atom. The molecule has 0 spiro atoms. The number of carbonyl (C=O) groups excluding carboxylic acids is 1. The molecule has 0 aromatic heterocycles. The van der Waals surface area contributed by atoms with E-state index in [0.717, 1.165) is 24.8 Å². The van der Waals surface area contributed by atoms with Crippen LogP contribution in [0.5, 0.6) is 0 Å². The molecular formula is C19H24N2O3. The maximum Gasteiger partial charge on any atom is 0.221 e. The Hall–Kier alpha value is -2.17. The summed E-state index contributed by atoms with van der Waals surface area (Å²) in [6.07, 6.45) is 5.29. The maximum atomic E-state index is 12.4. The molecule has 1 unspecified atom stereocenters. The van der Waals surface area contributed by atoms with E-state index in [9.17, 15) is 14.9 Å². The van der Waals surface area contributed by atoms with E-state index < -0.39 is 5.41 Å². The molecule has 3 rings (SSSR count). The number of allylic oxidation sites excluding steroid dienone is 2. The van der Waals surface area contributed by atoms with Crippen LogP contribution in [-0.2, 0) is 11.3 Å². The predicted octanol–water partition coefficient (Wildman–Crippen LogP) is 3.33. The summed E-state index contributed by atoms with van der Waals surface area (Å²) >= 11 is 0. The fraction of sp³-hybridized carbons (Fsp3) is 0.526. The van der Waals surface area contributed by atoms with E-state index in [-0.39, 0.29) is 29.7 Å². The molecule has 3 atom stereocenters. The van der Waals surface area contributed by atoms with Gasteiger partial charge in [0.05, 0.1) is 5.41 Å². The van der Waals surface area contributed by atoms with Crippen molar-refractivity contribution in [3.63, 3.8) is 0 Å². The van der Waals surface area contributed by atoms with Crippen LogP contribution in [-0.4, -0.2) is 17.4 Å². The van der Waals surface area contributed by atoms with Gasteiger partial charge in [-0.1, -0.05) is 48.9 Å². The minimum atomic E-state index is -0.494. The predicted molar refractivity (Wildman–Crippen MR) is 91.8 cm³/mol. The Kier molecular flexibility index (Phi) is 4.69. The first-order valence-electron chi connectivity index (χ1n) is 8.64. The van der Waals surface area contributed by atoms with Gasteiger partial charge in [-0.15, -0.1) is 0 Å². The molecule has 1 fully saturated rings. The number of hydrogen-bond donors (Lipinski definition) is 1. The molecule has 2 aliphatic rings. The molecule has 5 heteroatoms. The molecule has 0 heterocycles. The van der Waals surface area contributed by atoms with E-state index in [1.807, 2.05) is 30.3 Å². The smallest absolute Gasteiger partial charge is 0.221 e. The summed E-state index contributed by atoms with van der Waals surface area (Å²) in [4.78, 5) is 23.3. The fourth-order valence-electron chi connectivity index (χ4n) is 4.41. The summed E-state index contributed by atoms with van der Waals surface area (Å²) in [6, 6.07) is 9.71. The van der Waals surface area contributed by atoms with Crippen molar-refractivity contribution in [1.82, 2.24) is 5.32 Å². The summed E-state index contributed by atoms with van der Waals surface area (Å²) in [5, 5.41) is 14.1. The molecule has 5 nitrogen and oxygen atoms in total. The second-order valence-corrected chi connectivity index (χ2v) is 7.16. The van der Waals surface area contributed by atoms with Gasteiger partial charge in [0.1, 0.15) is 0 Å². The highest BCUT2D eigenvalue weighted by atomic mass is 16.6. The lowest BCUT2D eigenvalue weighted by Crippen LogP contribution is -2.52. The van der Waals surface area contributed by atoms with Crippen molar-refractivity contribution < 1.29 is 9.72 Å². The molecule has 1 aromatic carbocycles. The number of hydrogen-bond acceptors (Lipinski definition) is 3. The minimum Gasteiger partial charge on any atom is -0.352 e. The number of carbonyl (C=O) groups is 1. The molecule has 1 aromatic rings. The topological polar surface area (TPSA) is 72.2 Å². The van der Waals surface area contributed by atoms with Crippen molar-refractivity contribution in [3.05, 3.63) is 57.7 Å². The number of nitrogens with one attached hydrogen (secondary N) is 1. The average molecular weight is 328 g/mol. The fourth-order valence-corrected chi connectivity index (χ4v) is 4.41. The highest BCUT2D eigenvalue weighted by Gasteiger charge is 2.58. The lowest BCUT2D eigenvalue weighted by molar-refractivity contribution is -0.505. The van der Waals surface area contributed by atoms with Crippen LogP contribution in [0.4, 0.5) is 0 Å². The molecule has 0 radical (unpaired) electrons. The largest absolute Gasteiger partial charge is 0.352 e. The number of rotatable bonds is 7. The number of amides is 1. The molecule has 1 N–H and O–H groups in total. The van der Waals surface area contributed by atoms with Gasteiger partial charge in [0.2, 0.25) is 12.5 Å². The van der Waals surface area contributed by atoms with Crippen LogP contribution in [0.25, 0.3) is 0 Å². The molecule has 128 valence electrons. The van der Waals surface area contributed by atoms with E-state index in [0.29, 0.717) is 12.5 Å². The van der Waals surface area contributed by atoms with Crippen LogP contribution in [0.15, 0.2) is 42.0 Å². The van der Waals surface area contributed by atoms with Gasteiger partial charge in [-0.25, -0.2) is 0 Å². The highest BCUT2D eigenvalue weighted by molar-refractivity contribution is 5.77. The molecule has 0 bridgehead atoms. The normalized spacial score (nSPS) is 27.8. The van der Waals surface area contributed by atoms with Gasteiger partial charge in [0.25, 0.3) is 0 Å². The molecule has 1 saturated carbocycles. The quantitative estimate of drug-likeness (QED) is 0.474. The van der Waals surface area contributed by atoms with E-state index in [2.05, 4.69) is 18.3 Å². The van der Waals surface area contributed by atoms with Gasteiger partial charge in [-0.2, -0.15) is 0 Å². The first kappa shape index (κ1) is 16.7. The number of fused-ring (bicyclic) bond motifs is 1. The van der Waals surface area contributed by atoms with Crippen molar-refractivity contribution in [3.8, 4) is 0 Å². The van der Waals surface area contributed by atoms with Gasteiger partial charge in [-0.3, -0.25) is 14.9 Å². The van der Waals surface area contributed by atoms with E-state index in [4.69, 9.17) is 0 Å². The first-order valence-corrected chi connectivity index (χ1v) is 8.64. The van der Waals surface area contributed by atoms with E-state index >= 15 is 0 Å². The lowest BCUT2D eigenvalue weighted by atomic mass is 9.53. The van der Waals surface area contributed by atoms with Gasteiger partial charge in [0, 0.05) is 17.9 Å². The molecule has 0 aliphatic heterocycles. The average Bonchev–Trinajstić information content (AvgIpc) is 2.91. The third-order valence-corrected chi connectivity index (χ3v) is 5.57. The standard InChI is InChI=1S/C19H24N2O3/c1-2-14-8-16-10-19(13-21(23)24,17(16)9-14)11-18(22)20-12-15-6-4-3-5-7-15/h3-7,9,16-17H,2,8,10-13H2,1H3,(H,20,22)/t16-,17-,19?/m0/s1. The third kappa shape index (κ3) is 3.35. The summed E-state index contributed by atoms with van der Waals surface area (Å²) in [5.41, 5.74) is 1.93. The zero-order valence-electron chi connectivity index (χ0n) is 14.0. The van der Waals surface area contributed by atoms with E-state index in [1.165, 1.54) is 5.57 Å². The summed E-state index contributed by atoms with van der Waals surface area (Å²) in [5.74, 6) is 0.611. The van der Waals surface area contributed by atoms with E-state index in [1.54, 1.807) is 0 Å². The number of nitrogens with zero attached hydrogens (tertiary/aromatic N) is 1. The first-order chi connectivity index (χ1) is 11.5. The zero-order valence-corrected chi connectivity index (χ0v) is 14.0. The molecule has 1 amide bonds. The molecular weight excluding hydrogens is 304 g/mol. The van der Waals surface area contributed by atoms with Gasteiger partial charge >= 0.3 is 0 Å². The summed E-state index contributed by atoms with van der Waals surface area (Å²) in [6.45, 7) is 2.48. The Bertz CT molecular complexity index is 656. The van der Waals surface area contributed by atoms with Gasteiger partial charge in [0.15, 0.2) is 0 Å². The number of nitro groups is 1. The van der Waals surface area contributed by atoms with Crippen molar-refractivity contribution in [2.24, 2.45) is 17.3 Å². The summed E-state index contributed by atoms with van der Waals surface area (Å²) < 4.78 is 0. The van der Waals surface area contributed by atoms with Crippen LogP contribution >= 0.6 is 0 Å². The lowest BCUT2D eigenvalue weighted by Gasteiger charge is -2.49. The van der Waals surface area contributed by atoms with Crippen LogP contribution in [0, 0.1) is 27.4 Å². The SMILES string of the molecule is CCC1=C[C@H]2[C@@H](C1)CC2(CC(=O)NCc1ccccc1)C[N+](=O)[O-]. The Morgan fingerprint density at radius 3 is 2.79 bits per heavy atom. The molecule has 2 aliphatic carbocycles. The Labute approximate surface area is 142 Å². The second kappa shape index (κ2) is 6.75. The Morgan fingerprint density at radius 1 is 1.38 bits per heavy atom. The minimum absolute atomic E-state index is 0.0856. The van der Waals surface area contributed by atoms with Crippen LogP contribution in [0.1, 0.15) is 38.2 Å².